The number of piperidine rings is 1. The summed E-state index contributed by atoms with van der Waals surface area (Å²) in [6.45, 7) is 5.01. The lowest BCUT2D eigenvalue weighted by Crippen LogP contribution is -2.51. The van der Waals surface area contributed by atoms with Crippen molar-refractivity contribution in [1.29, 1.82) is 0 Å². The molecular weight excluding hydrogens is 243 g/mol. The van der Waals surface area contributed by atoms with Gasteiger partial charge in [-0.2, -0.15) is 0 Å². The molecule has 1 aromatic carbocycles. The normalized spacial score (nSPS) is 20.4. The number of carbonyl (C=O) groups is 1. The smallest absolute Gasteiger partial charge is 0.232 e. The van der Waals surface area contributed by atoms with Gasteiger partial charge in [0.2, 0.25) is 5.91 Å². The maximum Gasteiger partial charge on any atom is 0.232 e. The molecule has 1 aliphatic rings. The molecule has 2 N–H and O–H groups in total. The number of hydrogen-bond donors (Lipinski definition) is 1. The second-order valence-electron chi connectivity index (χ2n) is 5.79. The molecular formula is C15H21FN2O. The fraction of sp³-hybridized carbons (Fsp3) is 0.533. The molecule has 3 nitrogen and oxygen atoms in total. The van der Waals surface area contributed by atoms with Crippen molar-refractivity contribution in [3.63, 3.8) is 0 Å². The van der Waals surface area contributed by atoms with E-state index in [-0.39, 0.29) is 17.8 Å². The van der Waals surface area contributed by atoms with Crippen molar-refractivity contribution in [2.45, 2.75) is 38.1 Å². The number of carbonyl (C=O) groups excluding carboxylic acids is 1. The first-order chi connectivity index (χ1) is 8.91. The highest BCUT2D eigenvalue weighted by Gasteiger charge is 2.35. The largest absolute Gasteiger partial charge is 0.340 e. The molecule has 0 radical (unpaired) electrons. The second-order valence-corrected chi connectivity index (χ2v) is 5.79. The molecule has 0 bridgehead atoms. The standard InChI is InChI=1S/C15H21FN2O/c1-15(2,11-5-3-6-12(16)9-11)14(19)18-8-4-7-13(17)10-18/h3,5-6,9,13H,4,7-8,10,17H2,1-2H3. The Kier molecular flexibility index (Phi) is 3.90. The van der Waals surface area contributed by atoms with E-state index in [1.54, 1.807) is 17.0 Å². The number of nitrogens with two attached hydrogens (primary N) is 1. The third kappa shape index (κ3) is 2.95. The van der Waals surface area contributed by atoms with Gasteiger partial charge in [-0.1, -0.05) is 12.1 Å². The number of amides is 1. The van der Waals surface area contributed by atoms with E-state index in [1.165, 1.54) is 12.1 Å². The molecule has 1 saturated heterocycles. The summed E-state index contributed by atoms with van der Waals surface area (Å²) >= 11 is 0. The maximum absolute atomic E-state index is 13.3. The van der Waals surface area contributed by atoms with Gasteiger partial charge >= 0.3 is 0 Å². The Hall–Kier alpha value is -1.42. The van der Waals surface area contributed by atoms with Gasteiger partial charge in [0.1, 0.15) is 5.82 Å². The summed E-state index contributed by atoms with van der Waals surface area (Å²) in [5.74, 6) is -0.290. The highest BCUT2D eigenvalue weighted by atomic mass is 19.1. The van der Waals surface area contributed by atoms with E-state index >= 15 is 0 Å². The molecule has 1 heterocycles. The molecule has 4 heteroatoms. The van der Waals surface area contributed by atoms with Crippen molar-refractivity contribution < 1.29 is 9.18 Å². The first-order valence-corrected chi connectivity index (χ1v) is 6.72. The molecule has 1 unspecified atom stereocenters. The number of hydrogen-bond acceptors (Lipinski definition) is 2. The molecule has 0 aromatic heterocycles. The van der Waals surface area contributed by atoms with Crippen molar-refractivity contribution in [2.24, 2.45) is 5.73 Å². The lowest BCUT2D eigenvalue weighted by Gasteiger charge is -2.36. The van der Waals surface area contributed by atoms with E-state index in [2.05, 4.69) is 0 Å². The van der Waals surface area contributed by atoms with Crippen LogP contribution < -0.4 is 5.73 Å². The SMILES string of the molecule is CC(C)(C(=O)N1CCCC(N)C1)c1cccc(F)c1. The van der Waals surface area contributed by atoms with E-state index in [9.17, 15) is 9.18 Å². The molecule has 1 aromatic rings. The third-order valence-corrected chi connectivity index (χ3v) is 3.83. The molecule has 0 spiro atoms. The topological polar surface area (TPSA) is 46.3 Å². The molecule has 0 saturated carbocycles. The van der Waals surface area contributed by atoms with Crippen molar-refractivity contribution in [3.8, 4) is 0 Å². The molecule has 2 rings (SSSR count). The van der Waals surface area contributed by atoms with Gasteiger partial charge in [0.05, 0.1) is 5.41 Å². The fourth-order valence-electron chi connectivity index (χ4n) is 2.59. The molecule has 1 amide bonds. The summed E-state index contributed by atoms with van der Waals surface area (Å²) in [5.41, 5.74) is 5.90. The van der Waals surface area contributed by atoms with Gasteiger partial charge in [-0.25, -0.2) is 4.39 Å². The Bertz CT molecular complexity index is 473. The van der Waals surface area contributed by atoms with Crippen molar-refractivity contribution in [1.82, 2.24) is 4.90 Å². The summed E-state index contributed by atoms with van der Waals surface area (Å²) in [6, 6.07) is 6.32. The van der Waals surface area contributed by atoms with Gasteiger partial charge in [0.15, 0.2) is 0 Å². The zero-order valence-corrected chi connectivity index (χ0v) is 11.5. The highest BCUT2D eigenvalue weighted by Crippen LogP contribution is 2.27. The Labute approximate surface area is 113 Å². The van der Waals surface area contributed by atoms with E-state index in [1.807, 2.05) is 13.8 Å². The van der Waals surface area contributed by atoms with Crippen LogP contribution in [0.15, 0.2) is 24.3 Å². The van der Waals surface area contributed by atoms with Crippen molar-refractivity contribution in [3.05, 3.63) is 35.6 Å². The zero-order chi connectivity index (χ0) is 14.0. The molecule has 104 valence electrons. The minimum absolute atomic E-state index is 0.0215. The quantitative estimate of drug-likeness (QED) is 0.888. The first kappa shape index (κ1) is 14.0. The maximum atomic E-state index is 13.3. The van der Waals surface area contributed by atoms with Crippen LogP contribution in [-0.2, 0) is 10.2 Å². The van der Waals surface area contributed by atoms with Crippen LogP contribution in [0, 0.1) is 5.82 Å². The zero-order valence-electron chi connectivity index (χ0n) is 11.5. The van der Waals surface area contributed by atoms with E-state index < -0.39 is 5.41 Å². The number of benzene rings is 1. The molecule has 1 aliphatic heterocycles. The monoisotopic (exact) mass is 264 g/mol. The van der Waals surface area contributed by atoms with Crippen LogP contribution in [0.2, 0.25) is 0 Å². The Morgan fingerprint density at radius 3 is 2.84 bits per heavy atom. The fourth-order valence-corrected chi connectivity index (χ4v) is 2.59. The second kappa shape index (κ2) is 5.29. The van der Waals surface area contributed by atoms with Crippen LogP contribution in [0.25, 0.3) is 0 Å². The van der Waals surface area contributed by atoms with Crippen LogP contribution in [0.1, 0.15) is 32.3 Å². The van der Waals surface area contributed by atoms with Gasteiger partial charge in [-0.3, -0.25) is 4.79 Å². The van der Waals surface area contributed by atoms with Gasteiger partial charge in [0.25, 0.3) is 0 Å². The van der Waals surface area contributed by atoms with Gasteiger partial charge in [-0.05, 0) is 44.4 Å². The van der Waals surface area contributed by atoms with Gasteiger partial charge in [-0.15, -0.1) is 0 Å². The Morgan fingerprint density at radius 1 is 1.47 bits per heavy atom. The van der Waals surface area contributed by atoms with Crippen LogP contribution in [0.5, 0.6) is 0 Å². The molecule has 1 fully saturated rings. The number of halogens is 1. The Balaban J connectivity index is 2.21. The van der Waals surface area contributed by atoms with Crippen LogP contribution in [0.4, 0.5) is 4.39 Å². The summed E-state index contributed by atoms with van der Waals surface area (Å²) in [7, 11) is 0. The van der Waals surface area contributed by atoms with E-state index in [0.717, 1.165) is 19.4 Å². The lowest BCUT2D eigenvalue weighted by atomic mass is 9.82. The average Bonchev–Trinajstić information content (AvgIpc) is 2.38. The number of rotatable bonds is 2. The molecule has 0 aliphatic carbocycles. The van der Waals surface area contributed by atoms with Gasteiger partial charge < -0.3 is 10.6 Å². The van der Waals surface area contributed by atoms with E-state index in [4.69, 9.17) is 5.73 Å². The average molecular weight is 264 g/mol. The summed E-state index contributed by atoms with van der Waals surface area (Å²) in [5, 5.41) is 0. The van der Waals surface area contributed by atoms with E-state index in [0.29, 0.717) is 12.1 Å². The van der Waals surface area contributed by atoms with Crippen LogP contribution >= 0.6 is 0 Å². The Morgan fingerprint density at radius 2 is 2.21 bits per heavy atom. The molecule has 19 heavy (non-hydrogen) atoms. The van der Waals surface area contributed by atoms with Crippen LogP contribution in [-0.4, -0.2) is 29.9 Å². The minimum atomic E-state index is -0.723. The summed E-state index contributed by atoms with van der Waals surface area (Å²) < 4.78 is 13.3. The van der Waals surface area contributed by atoms with Crippen LogP contribution in [0.3, 0.4) is 0 Å². The van der Waals surface area contributed by atoms with Crippen molar-refractivity contribution >= 4 is 5.91 Å². The summed E-state index contributed by atoms with van der Waals surface area (Å²) in [4.78, 5) is 14.4. The summed E-state index contributed by atoms with van der Waals surface area (Å²) in [6.07, 6.45) is 1.90. The van der Waals surface area contributed by atoms with Gasteiger partial charge in [0, 0.05) is 19.1 Å². The minimum Gasteiger partial charge on any atom is -0.340 e. The molecule has 1 atom stereocenters. The first-order valence-electron chi connectivity index (χ1n) is 6.72. The van der Waals surface area contributed by atoms with Crippen molar-refractivity contribution in [2.75, 3.05) is 13.1 Å². The number of likely N-dealkylation sites (tertiary alicyclic amines) is 1. The predicted molar refractivity (Wildman–Crippen MR) is 73.2 cm³/mol. The third-order valence-electron chi connectivity index (χ3n) is 3.83. The lowest BCUT2D eigenvalue weighted by molar-refractivity contribution is -0.137. The predicted octanol–water partition coefficient (Wildman–Crippen LogP) is 2.05. The number of nitrogens with zero attached hydrogens (tertiary/aromatic N) is 1. The highest BCUT2D eigenvalue weighted by molar-refractivity contribution is 5.87.